The quantitative estimate of drug-likeness (QED) is 0.169. The third kappa shape index (κ3) is 4.28. The van der Waals surface area contributed by atoms with Gasteiger partial charge in [0.05, 0.1) is 10.8 Å². The maximum absolute atomic E-state index is 12.2. The van der Waals surface area contributed by atoms with Crippen LogP contribution in [0.4, 0.5) is 0 Å². The van der Waals surface area contributed by atoms with Gasteiger partial charge in [-0.2, -0.15) is 0 Å². The number of hydrogen-bond donors (Lipinski definition) is 0. The van der Waals surface area contributed by atoms with Crippen LogP contribution in [-0.4, -0.2) is 12.6 Å². The first-order valence-electron chi connectivity index (χ1n) is 17.3. The molecule has 0 aliphatic heterocycles. The maximum atomic E-state index is 12.2. The average molecular weight is 645 g/mol. The molecule has 0 radical (unpaired) electrons. The molecule has 50 heavy (non-hydrogen) atoms. The van der Waals surface area contributed by atoms with Gasteiger partial charge in [-0.3, -0.25) is 9.59 Å². The molecule has 0 spiro atoms. The summed E-state index contributed by atoms with van der Waals surface area (Å²) in [5.41, 5.74) is 13.8. The molecule has 9 rings (SSSR count). The zero-order chi connectivity index (χ0) is 34.3. The van der Waals surface area contributed by atoms with Crippen molar-refractivity contribution in [3.8, 4) is 22.3 Å². The van der Waals surface area contributed by atoms with E-state index in [4.69, 9.17) is 0 Å². The Morgan fingerprint density at radius 3 is 1.12 bits per heavy atom. The van der Waals surface area contributed by atoms with Gasteiger partial charge in [0.15, 0.2) is 0 Å². The third-order valence-electron chi connectivity index (χ3n) is 10.5. The minimum Gasteiger partial charge on any atom is -0.298 e. The molecular weight excluding hydrogens is 609 g/mol. The highest BCUT2D eigenvalue weighted by atomic mass is 16.1. The van der Waals surface area contributed by atoms with E-state index in [1.807, 2.05) is 50.2 Å². The molecule has 2 aliphatic rings. The lowest BCUT2D eigenvalue weighted by Crippen LogP contribution is -2.30. The first-order chi connectivity index (χ1) is 24.7. The molecule has 0 heterocycles. The van der Waals surface area contributed by atoms with Gasteiger partial charge in [0.2, 0.25) is 0 Å². The number of carbonyl (C=O) groups is 2. The minimum absolute atomic E-state index is 0.529. The number of benzene rings is 7. The van der Waals surface area contributed by atoms with E-state index in [0.717, 1.165) is 46.0 Å². The second kappa shape index (κ2) is 12.4. The lowest BCUT2D eigenvalue weighted by Gasteiger charge is -2.35. The normalized spacial score (nSPS) is 13.9. The Balaban J connectivity index is 0.00000177. The van der Waals surface area contributed by atoms with Crippen molar-refractivity contribution in [1.82, 2.24) is 0 Å². The highest BCUT2D eigenvalue weighted by Crippen LogP contribution is 2.62. The number of fused-ring (bicyclic) bond motifs is 6. The van der Waals surface area contributed by atoms with Crippen molar-refractivity contribution in [2.24, 2.45) is 0 Å². The second-order valence-electron chi connectivity index (χ2n) is 12.8. The van der Waals surface area contributed by atoms with Gasteiger partial charge in [-0.25, -0.2) is 0 Å². The summed E-state index contributed by atoms with van der Waals surface area (Å²) in [5.74, 6) is 0. The molecule has 0 saturated carbocycles. The van der Waals surface area contributed by atoms with Crippen LogP contribution >= 0.6 is 0 Å². The average Bonchev–Trinajstić information content (AvgIpc) is 3.66. The van der Waals surface area contributed by atoms with E-state index in [2.05, 4.69) is 133 Å². The Kier molecular flexibility index (Phi) is 7.73. The molecule has 0 bridgehead atoms. The Bertz CT molecular complexity index is 2300. The molecule has 2 heteroatoms. The SMILES string of the molecule is CC.O=Cc1cccc(C2(c3cccc(C=O)c3)c3ccccc3-c3cc4c(cc32)-c2ccccc2C4(c2ccccc2)c2ccccc2)c1. The summed E-state index contributed by atoms with van der Waals surface area (Å²) >= 11 is 0. The zero-order valence-corrected chi connectivity index (χ0v) is 28.1. The van der Waals surface area contributed by atoms with E-state index < -0.39 is 10.8 Å². The highest BCUT2D eigenvalue weighted by Gasteiger charge is 2.51. The van der Waals surface area contributed by atoms with E-state index in [1.54, 1.807) is 0 Å². The summed E-state index contributed by atoms with van der Waals surface area (Å²) in [7, 11) is 0. The molecule has 0 saturated heterocycles. The lowest BCUT2D eigenvalue weighted by atomic mass is 9.65. The summed E-state index contributed by atoms with van der Waals surface area (Å²) in [6, 6.07) is 59.8. The molecule has 7 aromatic carbocycles. The minimum atomic E-state index is -0.765. The first kappa shape index (κ1) is 31.2. The van der Waals surface area contributed by atoms with Crippen molar-refractivity contribution < 1.29 is 9.59 Å². The van der Waals surface area contributed by atoms with Gasteiger partial charge >= 0.3 is 0 Å². The molecule has 0 N–H and O–H groups in total. The fourth-order valence-electron chi connectivity index (χ4n) is 8.69. The van der Waals surface area contributed by atoms with Crippen LogP contribution in [0.1, 0.15) is 79.1 Å². The Hall–Kier alpha value is -6.12. The van der Waals surface area contributed by atoms with Crippen molar-refractivity contribution in [2.75, 3.05) is 0 Å². The fourth-order valence-corrected chi connectivity index (χ4v) is 8.69. The summed E-state index contributed by atoms with van der Waals surface area (Å²) in [6.07, 6.45) is 1.82. The van der Waals surface area contributed by atoms with Crippen LogP contribution in [0.5, 0.6) is 0 Å². The first-order valence-corrected chi connectivity index (χ1v) is 17.3. The van der Waals surface area contributed by atoms with E-state index in [-0.39, 0.29) is 0 Å². The third-order valence-corrected chi connectivity index (χ3v) is 10.5. The van der Waals surface area contributed by atoms with Crippen molar-refractivity contribution in [2.45, 2.75) is 24.7 Å². The van der Waals surface area contributed by atoms with E-state index in [9.17, 15) is 9.59 Å². The smallest absolute Gasteiger partial charge is 0.150 e. The van der Waals surface area contributed by atoms with Gasteiger partial charge in [-0.05, 0) is 91.0 Å². The van der Waals surface area contributed by atoms with Gasteiger partial charge < -0.3 is 0 Å². The van der Waals surface area contributed by atoms with Crippen molar-refractivity contribution >= 4 is 12.6 Å². The molecular formula is C48H36O2. The summed E-state index contributed by atoms with van der Waals surface area (Å²) in [5, 5.41) is 0. The lowest BCUT2D eigenvalue weighted by molar-refractivity contribution is 0.111. The summed E-state index contributed by atoms with van der Waals surface area (Å²) in [4.78, 5) is 24.4. The number of carbonyl (C=O) groups excluding carboxylic acids is 2. The van der Waals surface area contributed by atoms with Gasteiger partial charge in [0.1, 0.15) is 12.6 Å². The standard InChI is InChI=1S/C46H30O2.C2H6/c47-29-31-13-11-19-35(25-31)46(36-20-12-14-32(26-36)30-48)42-24-10-8-22-38(42)40-27-43-39(28-44(40)46)37-21-7-9-23-41(37)45(43,33-15-3-1-4-16-33)34-17-5-2-6-18-34;1-2/h1-30H;1-2H3. The van der Waals surface area contributed by atoms with Crippen LogP contribution < -0.4 is 0 Å². The number of hydrogen-bond acceptors (Lipinski definition) is 2. The molecule has 0 amide bonds. The van der Waals surface area contributed by atoms with Crippen molar-refractivity contribution in [1.29, 1.82) is 0 Å². The van der Waals surface area contributed by atoms with E-state index in [0.29, 0.717) is 11.1 Å². The molecule has 240 valence electrons. The van der Waals surface area contributed by atoms with Crippen LogP contribution in [0, 0.1) is 0 Å². The Morgan fingerprint density at radius 2 is 0.700 bits per heavy atom. The topological polar surface area (TPSA) is 34.1 Å². The highest BCUT2D eigenvalue weighted by molar-refractivity contribution is 5.95. The molecule has 0 aromatic heterocycles. The second-order valence-corrected chi connectivity index (χ2v) is 12.8. The van der Waals surface area contributed by atoms with E-state index >= 15 is 0 Å². The molecule has 7 aromatic rings. The Morgan fingerprint density at radius 1 is 0.340 bits per heavy atom. The van der Waals surface area contributed by atoms with Crippen LogP contribution in [0.15, 0.2) is 170 Å². The van der Waals surface area contributed by atoms with Gasteiger partial charge in [0, 0.05) is 11.1 Å². The maximum Gasteiger partial charge on any atom is 0.150 e. The summed E-state index contributed by atoms with van der Waals surface area (Å²) < 4.78 is 0. The summed E-state index contributed by atoms with van der Waals surface area (Å²) in [6.45, 7) is 4.00. The fraction of sp³-hybridized carbons (Fsp3) is 0.0833. The molecule has 0 fully saturated rings. The molecule has 0 atom stereocenters. The number of rotatable bonds is 6. The molecule has 0 unspecified atom stereocenters. The van der Waals surface area contributed by atoms with Crippen LogP contribution in [0.3, 0.4) is 0 Å². The number of aldehydes is 2. The Labute approximate surface area is 293 Å². The zero-order valence-electron chi connectivity index (χ0n) is 28.1. The van der Waals surface area contributed by atoms with Gasteiger partial charge in [0.25, 0.3) is 0 Å². The van der Waals surface area contributed by atoms with Crippen molar-refractivity contribution in [3.05, 3.63) is 225 Å². The van der Waals surface area contributed by atoms with Gasteiger partial charge in [-0.1, -0.05) is 159 Å². The predicted molar refractivity (Wildman–Crippen MR) is 203 cm³/mol. The molecule has 2 aliphatic carbocycles. The predicted octanol–water partition coefficient (Wildman–Crippen LogP) is 11.1. The van der Waals surface area contributed by atoms with Crippen LogP contribution in [-0.2, 0) is 10.8 Å². The van der Waals surface area contributed by atoms with Crippen molar-refractivity contribution in [3.63, 3.8) is 0 Å². The largest absolute Gasteiger partial charge is 0.298 e. The van der Waals surface area contributed by atoms with Crippen LogP contribution in [0.25, 0.3) is 22.3 Å². The molecule has 2 nitrogen and oxygen atoms in total. The van der Waals surface area contributed by atoms with Crippen LogP contribution in [0.2, 0.25) is 0 Å². The monoisotopic (exact) mass is 644 g/mol. The van der Waals surface area contributed by atoms with Gasteiger partial charge in [-0.15, -0.1) is 0 Å². The van der Waals surface area contributed by atoms with E-state index in [1.165, 1.54) is 33.4 Å².